The average molecular weight is 423 g/mol. The van der Waals surface area contributed by atoms with Gasteiger partial charge in [-0.2, -0.15) is 0 Å². The molecule has 0 heterocycles. The molecule has 4 saturated carbocycles. The Balaban J connectivity index is 1.36. The number of fused-ring (bicyclic) bond motifs is 2. The van der Waals surface area contributed by atoms with Gasteiger partial charge in [0.15, 0.2) is 0 Å². The molecule has 4 fully saturated rings. The van der Waals surface area contributed by atoms with Crippen LogP contribution in [0.4, 0.5) is 0 Å². The van der Waals surface area contributed by atoms with Crippen LogP contribution >= 0.6 is 0 Å². The van der Waals surface area contributed by atoms with Gasteiger partial charge in [0.25, 0.3) is 0 Å². The summed E-state index contributed by atoms with van der Waals surface area (Å²) in [6.45, 7) is 8.04. The molecule has 8 atom stereocenters. The summed E-state index contributed by atoms with van der Waals surface area (Å²) >= 11 is 0. The largest absolute Gasteiger partial charge is 0.0689 e. The minimum Gasteiger partial charge on any atom is -0.0689 e. The Morgan fingerprint density at radius 3 is 2.47 bits per heavy atom. The molecule has 0 radical (unpaired) electrons. The van der Waals surface area contributed by atoms with Gasteiger partial charge < -0.3 is 0 Å². The lowest BCUT2D eigenvalue weighted by Gasteiger charge is -2.48. The lowest BCUT2D eigenvalue weighted by Crippen LogP contribution is -2.43. The summed E-state index contributed by atoms with van der Waals surface area (Å²) in [5.74, 6) is 6.06. The van der Waals surface area contributed by atoms with Crippen LogP contribution in [0.15, 0.2) is 30.3 Å². The van der Waals surface area contributed by atoms with E-state index < -0.39 is 8.07 Å². The molecule has 1 heteroatoms. The van der Waals surface area contributed by atoms with E-state index in [4.69, 9.17) is 0 Å². The van der Waals surface area contributed by atoms with Crippen molar-refractivity contribution in [1.29, 1.82) is 0 Å². The molecule has 0 spiro atoms. The van der Waals surface area contributed by atoms with E-state index in [1.165, 1.54) is 38.5 Å². The third-order valence-electron chi connectivity index (χ3n) is 10.8. The maximum atomic E-state index is 2.84. The second-order valence-electron chi connectivity index (χ2n) is 12.4. The Morgan fingerprint density at radius 1 is 0.833 bits per heavy atom. The van der Waals surface area contributed by atoms with Crippen molar-refractivity contribution in [3.05, 3.63) is 35.9 Å². The standard InChI is InChI=1S/C29H46Si/c1-4-5-10-21-15-16-24(19-21)30(2,3)28-18-17-26-27(28)20-23-13-9-14-25(23)29(26)22-11-7-6-8-12-22/h6-8,11-12,21,23-29H,4-5,9-10,13-20H2,1-3H3. The Bertz CT molecular complexity index is 694. The van der Waals surface area contributed by atoms with Gasteiger partial charge in [0.2, 0.25) is 0 Å². The minimum atomic E-state index is -1.20. The van der Waals surface area contributed by atoms with E-state index in [1.54, 1.807) is 44.1 Å². The van der Waals surface area contributed by atoms with Crippen molar-refractivity contribution in [3.8, 4) is 0 Å². The van der Waals surface area contributed by atoms with Crippen molar-refractivity contribution in [2.24, 2.45) is 29.6 Å². The molecule has 8 unspecified atom stereocenters. The molecular formula is C29H46Si. The van der Waals surface area contributed by atoms with Crippen LogP contribution in [0.2, 0.25) is 24.2 Å². The minimum absolute atomic E-state index is 0.883. The van der Waals surface area contributed by atoms with Crippen LogP contribution in [-0.2, 0) is 0 Å². The van der Waals surface area contributed by atoms with Crippen LogP contribution in [0, 0.1) is 29.6 Å². The summed E-state index contributed by atoms with van der Waals surface area (Å²) in [5.41, 5.74) is 3.94. The zero-order valence-corrected chi connectivity index (χ0v) is 21.0. The molecule has 166 valence electrons. The van der Waals surface area contributed by atoms with Crippen LogP contribution in [0.25, 0.3) is 0 Å². The molecule has 1 aromatic carbocycles. The molecule has 5 rings (SSSR count). The van der Waals surface area contributed by atoms with Crippen LogP contribution in [-0.4, -0.2) is 8.07 Å². The fourth-order valence-electron chi connectivity index (χ4n) is 9.28. The Kier molecular flexibility index (Phi) is 6.22. The molecule has 1 aromatic rings. The van der Waals surface area contributed by atoms with Crippen molar-refractivity contribution in [2.75, 3.05) is 0 Å². The zero-order valence-electron chi connectivity index (χ0n) is 20.0. The molecule has 0 nitrogen and oxygen atoms in total. The molecular weight excluding hydrogens is 376 g/mol. The van der Waals surface area contributed by atoms with Crippen LogP contribution in [0.1, 0.15) is 95.5 Å². The molecule has 0 aromatic heterocycles. The fourth-order valence-corrected chi connectivity index (χ4v) is 14.1. The topological polar surface area (TPSA) is 0 Å². The van der Waals surface area contributed by atoms with Crippen molar-refractivity contribution in [1.82, 2.24) is 0 Å². The Hall–Kier alpha value is -0.563. The monoisotopic (exact) mass is 422 g/mol. The Labute approximate surface area is 187 Å². The Morgan fingerprint density at radius 2 is 1.67 bits per heavy atom. The van der Waals surface area contributed by atoms with Gasteiger partial charge in [-0.3, -0.25) is 0 Å². The average Bonchev–Trinajstić information content (AvgIpc) is 3.50. The van der Waals surface area contributed by atoms with E-state index in [0.717, 1.165) is 46.6 Å². The van der Waals surface area contributed by atoms with Crippen molar-refractivity contribution in [3.63, 3.8) is 0 Å². The van der Waals surface area contributed by atoms with Gasteiger partial charge in [0.05, 0.1) is 8.07 Å². The predicted molar refractivity (Wildman–Crippen MR) is 133 cm³/mol. The van der Waals surface area contributed by atoms with E-state index >= 15 is 0 Å². The lowest BCUT2D eigenvalue weighted by atomic mass is 9.62. The van der Waals surface area contributed by atoms with Crippen molar-refractivity contribution in [2.45, 2.75) is 114 Å². The predicted octanol–water partition coefficient (Wildman–Crippen LogP) is 9.06. The summed E-state index contributed by atoms with van der Waals surface area (Å²) in [5, 5.41) is 0. The van der Waals surface area contributed by atoms with E-state index in [2.05, 4.69) is 50.3 Å². The van der Waals surface area contributed by atoms with E-state index in [1.807, 2.05) is 0 Å². The first-order chi connectivity index (χ1) is 14.6. The second-order valence-corrected chi connectivity index (χ2v) is 17.6. The van der Waals surface area contributed by atoms with Gasteiger partial charge in [-0.1, -0.05) is 102 Å². The first-order valence-electron chi connectivity index (χ1n) is 13.6. The highest BCUT2D eigenvalue weighted by molar-refractivity contribution is 6.80. The molecule has 4 aliphatic carbocycles. The second kappa shape index (κ2) is 8.76. The highest BCUT2D eigenvalue weighted by Crippen LogP contribution is 2.65. The van der Waals surface area contributed by atoms with Gasteiger partial charge in [0.1, 0.15) is 0 Å². The number of unbranched alkanes of at least 4 members (excludes halogenated alkanes) is 1. The fraction of sp³-hybridized carbons (Fsp3) is 0.793. The number of hydrogen-bond acceptors (Lipinski definition) is 0. The summed E-state index contributed by atoms with van der Waals surface area (Å²) in [7, 11) is -1.20. The molecule has 0 amide bonds. The van der Waals surface area contributed by atoms with Gasteiger partial charge in [0, 0.05) is 0 Å². The van der Waals surface area contributed by atoms with Gasteiger partial charge in [-0.05, 0) is 77.8 Å². The molecule has 4 aliphatic rings. The van der Waals surface area contributed by atoms with Gasteiger partial charge in [-0.15, -0.1) is 0 Å². The molecule has 0 aliphatic heterocycles. The number of benzene rings is 1. The van der Waals surface area contributed by atoms with Crippen LogP contribution in [0.5, 0.6) is 0 Å². The summed E-state index contributed by atoms with van der Waals surface area (Å²) in [6.07, 6.45) is 18.4. The maximum Gasteiger partial charge on any atom is 0.0538 e. The highest BCUT2D eigenvalue weighted by atomic mass is 28.3. The van der Waals surface area contributed by atoms with Crippen LogP contribution < -0.4 is 0 Å². The quantitative estimate of drug-likeness (QED) is 0.401. The first-order valence-corrected chi connectivity index (χ1v) is 16.8. The SMILES string of the molecule is CCCCC1CCC([Si](C)(C)C2CCC3C2CC2CCCC2C3c2ccccc2)C1. The molecule has 30 heavy (non-hydrogen) atoms. The smallest absolute Gasteiger partial charge is 0.0538 e. The lowest BCUT2D eigenvalue weighted by molar-refractivity contribution is 0.121. The van der Waals surface area contributed by atoms with E-state index in [9.17, 15) is 0 Å². The third-order valence-corrected chi connectivity index (χ3v) is 16.0. The van der Waals surface area contributed by atoms with Crippen molar-refractivity contribution < 1.29 is 0 Å². The molecule has 0 bridgehead atoms. The summed E-state index contributed by atoms with van der Waals surface area (Å²) < 4.78 is 0. The maximum absolute atomic E-state index is 2.84. The first kappa shape index (κ1) is 21.3. The summed E-state index contributed by atoms with van der Waals surface area (Å²) in [4.78, 5) is 0. The number of rotatable bonds is 6. The van der Waals surface area contributed by atoms with E-state index in [-0.39, 0.29) is 0 Å². The van der Waals surface area contributed by atoms with Crippen molar-refractivity contribution >= 4 is 8.07 Å². The summed E-state index contributed by atoms with van der Waals surface area (Å²) in [6, 6.07) is 11.8. The van der Waals surface area contributed by atoms with Gasteiger partial charge >= 0.3 is 0 Å². The molecule has 0 N–H and O–H groups in total. The third kappa shape index (κ3) is 3.76. The van der Waals surface area contributed by atoms with Crippen LogP contribution in [0.3, 0.4) is 0 Å². The highest BCUT2D eigenvalue weighted by Gasteiger charge is 2.56. The number of hydrogen-bond donors (Lipinski definition) is 0. The normalized spacial score (nSPS) is 41.0. The molecule has 0 saturated heterocycles. The zero-order chi connectivity index (χ0) is 20.7. The van der Waals surface area contributed by atoms with E-state index in [0.29, 0.717) is 0 Å². The van der Waals surface area contributed by atoms with Gasteiger partial charge in [-0.25, -0.2) is 0 Å².